The van der Waals surface area contributed by atoms with Crippen LogP contribution in [0.4, 0.5) is 0 Å². The lowest BCUT2D eigenvalue weighted by molar-refractivity contribution is -0.133. The summed E-state index contributed by atoms with van der Waals surface area (Å²) in [5.41, 5.74) is 8.86. The Hall–Kier alpha value is -1.26. The van der Waals surface area contributed by atoms with Crippen LogP contribution in [-0.4, -0.2) is 37.0 Å². The van der Waals surface area contributed by atoms with Crippen LogP contribution in [0.2, 0.25) is 0 Å². The summed E-state index contributed by atoms with van der Waals surface area (Å²) in [5, 5.41) is 0. The van der Waals surface area contributed by atoms with E-state index in [4.69, 9.17) is 10.5 Å². The third kappa shape index (κ3) is 4.69. The molecule has 1 amide bonds. The van der Waals surface area contributed by atoms with Crippen LogP contribution in [0, 0.1) is 20.8 Å². The zero-order valence-electron chi connectivity index (χ0n) is 12.9. The second-order valence-electron chi connectivity index (χ2n) is 5.11. The minimum Gasteiger partial charge on any atom is -0.483 e. The molecule has 20 heavy (non-hydrogen) atoms. The van der Waals surface area contributed by atoms with Crippen molar-refractivity contribution in [3.63, 3.8) is 0 Å². The van der Waals surface area contributed by atoms with Gasteiger partial charge in [0.15, 0.2) is 6.61 Å². The fourth-order valence-corrected chi connectivity index (χ4v) is 2.03. The minimum absolute atomic E-state index is 0. The molecule has 0 spiro atoms. The molecule has 0 fully saturated rings. The summed E-state index contributed by atoms with van der Waals surface area (Å²) in [5.74, 6) is 0.741. The maximum atomic E-state index is 12.0. The maximum absolute atomic E-state index is 12.0. The largest absolute Gasteiger partial charge is 0.483 e. The third-order valence-electron chi connectivity index (χ3n) is 3.34. The summed E-state index contributed by atoms with van der Waals surface area (Å²) >= 11 is 0. The van der Waals surface area contributed by atoms with E-state index >= 15 is 0 Å². The summed E-state index contributed by atoms with van der Waals surface area (Å²) in [6.07, 6.45) is 0. The van der Waals surface area contributed by atoms with Crippen LogP contribution >= 0.6 is 12.4 Å². The molecule has 5 heteroatoms. The number of nitrogens with two attached hydrogens (primary N) is 1. The van der Waals surface area contributed by atoms with Gasteiger partial charge in [0.25, 0.3) is 5.91 Å². The van der Waals surface area contributed by atoms with Crippen molar-refractivity contribution in [3.8, 4) is 5.75 Å². The molecule has 0 bridgehead atoms. The van der Waals surface area contributed by atoms with Crippen LogP contribution in [0.15, 0.2) is 12.1 Å². The van der Waals surface area contributed by atoms with E-state index in [1.165, 1.54) is 5.56 Å². The first-order valence-corrected chi connectivity index (χ1v) is 6.53. The molecule has 0 aliphatic carbocycles. The Balaban J connectivity index is 0.00000361. The maximum Gasteiger partial charge on any atom is 0.260 e. The molecule has 1 unspecified atom stereocenters. The van der Waals surface area contributed by atoms with E-state index in [0.717, 1.165) is 16.9 Å². The molecule has 1 aromatic rings. The molecule has 114 valence electrons. The lowest BCUT2D eigenvalue weighted by Gasteiger charge is -2.24. The Morgan fingerprint density at radius 3 is 2.25 bits per heavy atom. The first-order chi connectivity index (χ1) is 8.86. The second-order valence-corrected chi connectivity index (χ2v) is 5.11. The smallest absolute Gasteiger partial charge is 0.260 e. The predicted molar refractivity (Wildman–Crippen MR) is 84.7 cm³/mol. The van der Waals surface area contributed by atoms with E-state index in [9.17, 15) is 4.79 Å². The molecule has 1 aromatic carbocycles. The lowest BCUT2D eigenvalue weighted by atomic mass is 10.1. The van der Waals surface area contributed by atoms with Gasteiger partial charge < -0.3 is 15.4 Å². The van der Waals surface area contributed by atoms with Gasteiger partial charge in [0, 0.05) is 19.6 Å². The molecule has 0 aliphatic rings. The van der Waals surface area contributed by atoms with Gasteiger partial charge in [-0.05, 0) is 38.8 Å². The van der Waals surface area contributed by atoms with Crippen molar-refractivity contribution in [3.05, 3.63) is 28.8 Å². The summed E-state index contributed by atoms with van der Waals surface area (Å²) in [4.78, 5) is 13.6. The van der Waals surface area contributed by atoms with E-state index < -0.39 is 0 Å². The van der Waals surface area contributed by atoms with E-state index in [1.54, 1.807) is 11.9 Å². The van der Waals surface area contributed by atoms with Crippen LogP contribution < -0.4 is 10.5 Å². The van der Waals surface area contributed by atoms with Crippen LogP contribution in [0.5, 0.6) is 5.75 Å². The minimum atomic E-state index is -0.0580. The lowest BCUT2D eigenvalue weighted by Crippen LogP contribution is -2.42. The number of benzene rings is 1. The number of rotatable bonds is 5. The van der Waals surface area contributed by atoms with Crippen LogP contribution in [-0.2, 0) is 4.79 Å². The van der Waals surface area contributed by atoms with Crippen molar-refractivity contribution in [2.75, 3.05) is 20.2 Å². The molecule has 1 atom stereocenters. The molecule has 0 saturated carbocycles. The van der Waals surface area contributed by atoms with Gasteiger partial charge >= 0.3 is 0 Å². The van der Waals surface area contributed by atoms with Gasteiger partial charge in [-0.25, -0.2) is 0 Å². The molecule has 0 heterocycles. The van der Waals surface area contributed by atoms with E-state index in [1.807, 2.05) is 27.7 Å². The Morgan fingerprint density at radius 1 is 1.30 bits per heavy atom. The van der Waals surface area contributed by atoms with Crippen molar-refractivity contribution in [1.82, 2.24) is 4.90 Å². The monoisotopic (exact) mass is 300 g/mol. The highest BCUT2D eigenvalue weighted by Gasteiger charge is 2.15. The molecular weight excluding hydrogens is 276 g/mol. The summed E-state index contributed by atoms with van der Waals surface area (Å²) in [6, 6.07) is 4.13. The third-order valence-corrected chi connectivity index (χ3v) is 3.34. The molecule has 4 nitrogen and oxygen atoms in total. The zero-order valence-corrected chi connectivity index (χ0v) is 13.7. The van der Waals surface area contributed by atoms with Gasteiger partial charge in [0.05, 0.1) is 0 Å². The first-order valence-electron chi connectivity index (χ1n) is 6.53. The highest BCUT2D eigenvalue weighted by Crippen LogP contribution is 2.24. The van der Waals surface area contributed by atoms with Gasteiger partial charge in [-0.3, -0.25) is 4.79 Å². The fraction of sp³-hybridized carbons (Fsp3) is 0.533. The van der Waals surface area contributed by atoms with Crippen LogP contribution in [0.1, 0.15) is 23.6 Å². The molecule has 0 aromatic heterocycles. The van der Waals surface area contributed by atoms with Gasteiger partial charge in [-0.1, -0.05) is 17.7 Å². The van der Waals surface area contributed by atoms with Gasteiger partial charge in [0.2, 0.25) is 0 Å². The molecular formula is C15H25ClN2O2. The molecule has 0 saturated heterocycles. The molecule has 1 rings (SSSR count). The first kappa shape index (κ1) is 18.7. The Labute approximate surface area is 127 Å². The average Bonchev–Trinajstić information content (AvgIpc) is 2.35. The number of halogens is 1. The number of likely N-dealkylation sites (N-methyl/N-ethyl adjacent to an activating group) is 1. The van der Waals surface area contributed by atoms with Gasteiger partial charge in [-0.15, -0.1) is 12.4 Å². The van der Waals surface area contributed by atoms with Crippen molar-refractivity contribution in [2.24, 2.45) is 5.73 Å². The van der Waals surface area contributed by atoms with Crippen LogP contribution in [0.25, 0.3) is 0 Å². The van der Waals surface area contributed by atoms with E-state index in [2.05, 4.69) is 12.1 Å². The van der Waals surface area contributed by atoms with E-state index in [0.29, 0.717) is 6.54 Å². The topological polar surface area (TPSA) is 55.6 Å². The van der Waals surface area contributed by atoms with Crippen molar-refractivity contribution < 1.29 is 9.53 Å². The highest BCUT2D eigenvalue weighted by atomic mass is 35.5. The predicted octanol–water partition coefficient (Wildman–Crippen LogP) is 2.22. The number of hydrogen-bond acceptors (Lipinski definition) is 3. The Kier molecular flexibility index (Phi) is 7.61. The fourth-order valence-electron chi connectivity index (χ4n) is 2.03. The normalized spacial score (nSPS) is 11.5. The average molecular weight is 301 g/mol. The number of nitrogens with zero attached hydrogens (tertiary/aromatic N) is 1. The second kappa shape index (κ2) is 8.12. The van der Waals surface area contributed by atoms with Crippen molar-refractivity contribution in [2.45, 2.75) is 33.7 Å². The summed E-state index contributed by atoms with van der Waals surface area (Å²) < 4.78 is 5.67. The van der Waals surface area contributed by atoms with Gasteiger partial charge in [0.1, 0.15) is 5.75 Å². The number of amides is 1. The molecule has 0 aliphatic heterocycles. The quantitative estimate of drug-likeness (QED) is 0.907. The number of carbonyl (C=O) groups is 1. The Morgan fingerprint density at radius 2 is 1.80 bits per heavy atom. The van der Waals surface area contributed by atoms with Crippen molar-refractivity contribution >= 4 is 18.3 Å². The number of carbonyl (C=O) groups excluding carboxylic acids is 1. The summed E-state index contributed by atoms with van der Waals surface area (Å²) in [6.45, 7) is 8.44. The standard InChI is InChI=1S/C15H24N2O2.ClH/c1-10-6-11(2)15(12(3)7-10)19-9-14(18)17(5)13(4)8-16;/h6-7,13H,8-9,16H2,1-5H3;1H. The number of ether oxygens (including phenoxy) is 1. The van der Waals surface area contributed by atoms with E-state index in [-0.39, 0.29) is 31.0 Å². The van der Waals surface area contributed by atoms with Gasteiger partial charge in [-0.2, -0.15) is 0 Å². The molecule has 2 N–H and O–H groups in total. The number of aryl methyl sites for hydroxylation is 3. The highest BCUT2D eigenvalue weighted by molar-refractivity contribution is 5.85. The van der Waals surface area contributed by atoms with Crippen molar-refractivity contribution in [1.29, 1.82) is 0 Å². The number of hydrogen-bond donors (Lipinski definition) is 1. The SMILES string of the molecule is Cc1cc(C)c(OCC(=O)N(C)C(C)CN)c(C)c1.Cl. The molecule has 0 radical (unpaired) electrons. The summed E-state index contributed by atoms with van der Waals surface area (Å²) in [7, 11) is 1.75. The van der Waals surface area contributed by atoms with Crippen LogP contribution in [0.3, 0.4) is 0 Å². The zero-order chi connectivity index (χ0) is 14.6. The Bertz CT molecular complexity index is 440.